The number of pyridine rings is 1. The Bertz CT molecular complexity index is 1490. The summed E-state index contributed by atoms with van der Waals surface area (Å²) in [6.45, 7) is 2.91. The zero-order valence-electron chi connectivity index (χ0n) is 17.8. The first-order chi connectivity index (χ1) is 15.6. The van der Waals surface area contributed by atoms with Crippen molar-refractivity contribution in [3.63, 3.8) is 0 Å². The van der Waals surface area contributed by atoms with E-state index >= 15 is 0 Å². The van der Waals surface area contributed by atoms with Crippen molar-refractivity contribution in [3.8, 4) is 0 Å². The third-order valence-corrected chi connectivity index (χ3v) is 5.96. The lowest BCUT2D eigenvalue weighted by Gasteiger charge is -2.10. The highest BCUT2D eigenvalue weighted by atomic mass is 32.2. The number of rotatable bonds is 5. The maximum absolute atomic E-state index is 12.7. The van der Waals surface area contributed by atoms with Crippen molar-refractivity contribution in [2.24, 2.45) is 0 Å². The van der Waals surface area contributed by atoms with Crippen molar-refractivity contribution in [1.29, 1.82) is 0 Å². The predicted molar refractivity (Wildman–Crippen MR) is 123 cm³/mol. The lowest BCUT2D eigenvalue weighted by atomic mass is 10.1. The van der Waals surface area contributed by atoms with E-state index in [2.05, 4.69) is 20.0 Å². The first-order valence-corrected chi connectivity index (χ1v) is 11.3. The monoisotopic (exact) mass is 469 g/mol. The molecule has 4 rings (SSSR count). The van der Waals surface area contributed by atoms with E-state index in [-0.39, 0.29) is 22.8 Å². The van der Waals surface area contributed by atoms with Crippen LogP contribution in [0.1, 0.15) is 20.3 Å². The van der Waals surface area contributed by atoms with Crippen LogP contribution in [-0.4, -0.2) is 30.3 Å². The number of hydrogen-bond donors (Lipinski definition) is 4. The molecule has 10 nitrogen and oxygen atoms in total. The highest BCUT2D eigenvalue weighted by Crippen LogP contribution is 2.25. The van der Waals surface area contributed by atoms with Crippen molar-refractivity contribution in [1.82, 2.24) is 9.97 Å². The van der Waals surface area contributed by atoms with Crippen LogP contribution in [0.4, 0.5) is 11.4 Å². The van der Waals surface area contributed by atoms with Crippen molar-refractivity contribution < 1.29 is 23.1 Å². The summed E-state index contributed by atoms with van der Waals surface area (Å²) in [7, 11) is -3.82. The maximum Gasteiger partial charge on any atom is 0.272 e. The number of aromatic nitrogens is 2. The molecular formula is C22H21N4O6S-. The Morgan fingerprint density at radius 2 is 1.64 bits per heavy atom. The predicted octanol–water partition coefficient (Wildman–Crippen LogP) is 1.91. The van der Waals surface area contributed by atoms with Gasteiger partial charge in [0.2, 0.25) is 5.91 Å². The van der Waals surface area contributed by atoms with E-state index in [4.69, 9.17) is 0 Å². The number of benzene rings is 2. The van der Waals surface area contributed by atoms with E-state index in [1.54, 1.807) is 30.5 Å². The van der Waals surface area contributed by atoms with Crippen LogP contribution in [0, 0.1) is 0 Å². The van der Waals surface area contributed by atoms with Gasteiger partial charge in [-0.2, -0.15) is 0 Å². The number of carboxylic acids is 1. The van der Waals surface area contributed by atoms with Crippen molar-refractivity contribution in [3.05, 3.63) is 65.1 Å². The summed E-state index contributed by atoms with van der Waals surface area (Å²) in [6, 6.07) is 12.5. The largest absolute Gasteiger partial charge is 0.550 e. The van der Waals surface area contributed by atoms with Crippen LogP contribution in [0.25, 0.3) is 21.8 Å². The molecule has 2 aromatic carbocycles. The second kappa shape index (κ2) is 9.57. The summed E-state index contributed by atoms with van der Waals surface area (Å²) in [5.74, 6) is -1.23. The molecule has 4 N–H and O–H groups in total. The van der Waals surface area contributed by atoms with Crippen LogP contribution in [0.15, 0.2) is 64.4 Å². The van der Waals surface area contributed by atoms with Crippen LogP contribution in [-0.2, 0) is 19.6 Å². The maximum atomic E-state index is 12.7. The van der Waals surface area contributed by atoms with E-state index in [9.17, 15) is 27.9 Å². The summed E-state index contributed by atoms with van der Waals surface area (Å²) in [5, 5.41) is 13.3. The van der Waals surface area contributed by atoms with E-state index < -0.39 is 16.0 Å². The van der Waals surface area contributed by atoms with Gasteiger partial charge in [0.25, 0.3) is 15.6 Å². The number of aliphatic carboxylic acids is 1. The Morgan fingerprint density at radius 3 is 2.24 bits per heavy atom. The van der Waals surface area contributed by atoms with E-state index in [0.29, 0.717) is 27.8 Å². The number of amides is 1. The van der Waals surface area contributed by atoms with Crippen LogP contribution < -0.4 is 20.7 Å². The molecule has 0 fully saturated rings. The molecule has 33 heavy (non-hydrogen) atoms. The number of carbonyl (C=O) groups is 2. The number of nitrogens with one attached hydrogen (secondary N) is 4. The van der Waals surface area contributed by atoms with E-state index in [0.717, 1.165) is 5.39 Å². The quantitative estimate of drug-likeness (QED) is 0.349. The standard InChI is InChI=1S/C19H16N4O4S.C3H6O2/c1-11(24)21-12-2-5-14(6-3-12)28(26,27)23-13-4-7-17-16(10-13)15-8-9-20-18(15)19(25)22-17;1-2-3(4)5/h2-10,20,23H,1H3,(H,21,24)(H,22,25);2H2,1H3,(H,4,5)/p-1. The molecule has 2 heterocycles. The van der Waals surface area contributed by atoms with Crippen LogP contribution in [0.3, 0.4) is 0 Å². The molecule has 0 aliphatic heterocycles. The van der Waals surface area contributed by atoms with Crippen molar-refractivity contribution in [2.45, 2.75) is 25.2 Å². The molecule has 11 heteroatoms. The highest BCUT2D eigenvalue weighted by molar-refractivity contribution is 7.92. The smallest absolute Gasteiger partial charge is 0.272 e. The molecule has 1 amide bonds. The van der Waals surface area contributed by atoms with Gasteiger partial charge in [0.1, 0.15) is 5.52 Å². The molecule has 0 bridgehead atoms. The topological polar surface area (TPSA) is 164 Å². The zero-order valence-corrected chi connectivity index (χ0v) is 18.6. The van der Waals surface area contributed by atoms with Crippen molar-refractivity contribution >= 4 is 55.1 Å². The minimum atomic E-state index is -3.82. The van der Waals surface area contributed by atoms with E-state index in [1.165, 1.54) is 38.1 Å². The van der Waals surface area contributed by atoms with E-state index in [1.807, 2.05) is 0 Å². The Labute approximate surface area is 188 Å². The van der Waals surface area contributed by atoms with Gasteiger partial charge in [-0.15, -0.1) is 0 Å². The van der Waals surface area contributed by atoms with Gasteiger partial charge in [-0.25, -0.2) is 8.42 Å². The average Bonchev–Trinajstić information content (AvgIpc) is 3.25. The Hall–Kier alpha value is -4.12. The van der Waals surface area contributed by atoms with Gasteiger partial charge in [0, 0.05) is 46.8 Å². The summed E-state index contributed by atoms with van der Waals surface area (Å²) in [4.78, 5) is 38.1. The van der Waals surface area contributed by atoms with Gasteiger partial charge in [0.15, 0.2) is 0 Å². The van der Waals surface area contributed by atoms with Crippen molar-refractivity contribution in [2.75, 3.05) is 10.0 Å². The number of H-pyrrole nitrogens is 2. The molecule has 0 saturated carbocycles. The second-order valence-electron chi connectivity index (χ2n) is 7.02. The number of fused-ring (bicyclic) bond motifs is 3. The first kappa shape index (κ1) is 23.5. The second-order valence-corrected chi connectivity index (χ2v) is 8.70. The lowest BCUT2D eigenvalue weighted by molar-refractivity contribution is -0.305. The molecule has 0 aliphatic carbocycles. The minimum Gasteiger partial charge on any atom is -0.550 e. The Kier molecular flexibility index (Phi) is 6.83. The number of carbonyl (C=O) groups excluding carboxylic acids is 2. The SMILES string of the molecule is CC(=O)Nc1ccc(S(=O)(=O)Nc2ccc3[nH]c(=O)c4[nH]ccc4c3c2)cc1.CCC(=O)[O-]. The molecule has 4 aromatic rings. The average molecular weight is 469 g/mol. The summed E-state index contributed by atoms with van der Waals surface area (Å²) in [5.41, 5.74) is 1.69. The zero-order chi connectivity index (χ0) is 24.2. The van der Waals surface area contributed by atoms with Crippen LogP contribution in [0.5, 0.6) is 0 Å². The first-order valence-electron chi connectivity index (χ1n) is 9.84. The minimum absolute atomic E-state index is 0.0648. The third kappa shape index (κ3) is 5.57. The third-order valence-electron chi connectivity index (χ3n) is 4.56. The fourth-order valence-corrected chi connectivity index (χ4v) is 4.09. The van der Waals surface area contributed by atoms with Crippen LogP contribution in [0.2, 0.25) is 0 Å². The van der Waals surface area contributed by atoms with Gasteiger partial charge in [-0.3, -0.25) is 14.3 Å². The molecule has 0 saturated heterocycles. The lowest BCUT2D eigenvalue weighted by Crippen LogP contribution is -2.19. The number of carboxylic acid groups (broad SMARTS) is 1. The Balaban J connectivity index is 0.000000555. The molecule has 0 aliphatic rings. The van der Waals surface area contributed by atoms with Gasteiger partial charge in [0.05, 0.1) is 4.90 Å². The molecule has 0 atom stereocenters. The summed E-state index contributed by atoms with van der Waals surface area (Å²) >= 11 is 0. The number of sulfonamides is 1. The molecular weight excluding hydrogens is 448 g/mol. The molecule has 0 spiro atoms. The highest BCUT2D eigenvalue weighted by Gasteiger charge is 2.15. The van der Waals surface area contributed by atoms with Crippen LogP contribution >= 0.6 is 0 Å². The summed E-state index contributed by atoms with van der Waals surface area (Å²) < 4.78 is 27.9. The molecule has 2 aromatic heterocycles. The van der Waals surface area contributed by atoms with Gasteiger partial charge in [-0.1, -0.05) is 6.92 Å². The fraction of sp³-hybridized carbons (Fsp3) is 0.136. The molecule has 172 valence electrons. The fourth-order valence-electron chi connectivity index (χ4n) is 3.04. The molecule has 0 unspecified atom stereocenters. The number of aromatic amines is 2. The Morgan fingerprint density at radius 1 is 1.00 bits per heavy atom. The number of anilines is 2. The van der Waals surface area contributed by atoms with Gasteiger partial charge >= 0.3 is 0 Å². The summed E-state index contributed by atoms with van der Waals surface area (Å²) in [6.07, 6.45) is 1.77. The van der Waals surface area contributed by atoms with Gasteiger partial charge in [-0.05, 0) is 55.0 Å². The van der Waals surface area contributed by atoms with Gasteiger partial charge < -0.3 is 25.2 Å². The normalized spacial score (nSPS) is 11.0. The number of hydrogen-bond acceptors (Lipinski definition) is 6. The molecule has 0 radical (unpaired) electrons.